The molecular weight excluding hydrogens is 290 g/mol. The molecule has 0 aliphatic heterocycles. The maximum Gasteiger partial charge on any atom is 0.352 e. The summed E-state index contributed by atoms with van der Waals surface area (Å²) in [5.74, 6) is -1.74. The Kier molecular flexibility index (Phi) is 4.74. The van der Waals surface area contributed by atoms with Gasteiger partial charge in [0.2, 0.25) is 0 Å². The second kappa shape index (κ2) is 6.72. The summed E-state index contributed by atoms with van der Waals surface area (Å²) in [6, 6.07) is 15.2. The Bertz CT molecular complexity index is 696. The summed E-state index contributed by atoms with van der Waals surface area (Å²) in [6.07, 6.45) is 1.39. The quantitative estimate of drug-likeness (QED) is 0.852. The van der Waals surface area contributed by atoms with Crippen LogP contribution in [0.5, 0.6) is 0 Å². The predicted molar refractivity (Wildman–Crippen MR) is 81.0 cm³/mol. The molecule has 0 aliphatic rings. The topological polar surface area (TPSA) is 66.4 Å². The minimum absolute atomic E-state index is 0.203. The fourth-order valence-electron chi connectivity index (χ4n) is 1.69. The highest BCUT2D eigenvalue weighted by atomic mass is 35.5. The Balaban J connectivity index is 2.23. The zero-order valence-corrected chi connectivity index (χ0v) is 11.7. The number of rotatable bonds is 4. The molecule has 2 rings (SSSR count). The summed E-state index contributed by atoms with van der Waals surface area (Å²) < 4.78 is 0. The van der Waals surface area contributed by atoms with Crippen molar-refractivity contribution in [2.75, 3.05) is 0 Å². The standard InChI is InChI=1S/C16H12ClNO3/c17-13-8-4-7-12(10-13)15(19)18-14(16(20)21)9-11-5-2-1-3-6-11/h1-10H,(H,18,19)(H,20,21). The number of amides is 1. The molecule has 0 atom stereocenters. The summed E-state index contributed by atoms with van der Waals surface area (Å²) in [4.78, 5) is 23.3. The highest BCUT2D eigenvalue weighted by Gasteiger charge is 2.13. The third-order valence-corrected chi connectivity index (χ3v) is 2.91. The Morgan fingerprint density at radius 2 is 1.76 bits per heavy atom. The SMILES string of the molecule is O=C(O)C(=Cc1ccccc1)NC(=O)c1cccc(Cl)c1. The molecule has 0 bridgehead atoms. The van der Waals surface area contributed by atoms with Gasteiger partial charge in [-0.15, -0.1) is 0 Å². The monoisotopic (exact) mass is 301 g/mol. The number of carboxylic acid groups (broad SMARTS) is 1. The van der Waals surface area contributed by atoms with Gasteiger partial charge in [-0.25, -0.2) is 4.79 Å². The van der Waals surface area contributed by atoms with Crippen LogP contribution >= 0.6 is 11.6 Å². The van der Waals surface area contributed by atoms with Crippen molar-refractivity contribution in [3.8, 4) is 0 Å². The van der Waals surface area contributed by atoms with Crippen LogP contribution in [0.25, 0.3) is 6.08 Å². The van der Waals surface area contributed by atoms with Crippen LogP contribution in [0.3, 0.4) is 0 Å². The van der Waals surface area contributed by atoms with Crippen molar-refractivity contribution in [2.24, 2.45) is 0 Å². The van der Waals surface area contributed by atoms with Crippen LogP contribution in [0.4, 0.5) is 0 Å². The average Bonchev–Trinajstić information content (AvgIpc) is 2.47. The van der Waals surface area contributed by atoms with Crippen LogP contribution < -0.4 is 5.32 Å². The van der Waals surface area contributed by atoms with E-state index in [9.17, 15) is 14.7 Å². The van der Waals surface area contributed by atoms with Crippen molar-refractivity contribution < 1.29 is 14.7 Å². The predicted octanol–water partition coefficient (Wildman–Crippen LogP) is 3.20. The molecule has 0 heterocycles. The van der Waals surface area contributed by atoms with Crippen molar-refractivity contribution in [3.63, 3.8) is 0 Å². The third-order valence-electron chi connectivity index (χ3n) is 2.68. The van der Waals surface area contributed by atoms with E-state index in [1.54, 1.807) is 42.5 Å². The Labute approximate surface area is 126 Å². The van der Waals surface area contributed by atoms with Crippen molar-refractivity contribution >= 4 is 29.6 Å². The van der Waals surface area contributed by atoms with Gasteiger partial charge in [0.05, 0.1) is 0 Å². The molecular formula is C16H12ClNO3. The molecule has 0 aliphatic carbocycles. The summed E-state index contributed by atoms with van der Waals surface area (Å²) >= 11 is 5.81. The van der Waals surface area contributed by atoms with E-state index in [1.165, 1.54) is 12.1 Å². The number of hydrogen-bond donors (Lipinski definition) is 2. The largest absolute Gasteiger partial charge is 0.477 e. The van der Waals surface area contributed by atoms with Gasteiger partial charge in [0, 0.05) is 10.6 Å². The first-order valence-corrected chi connectivity index (χ1v) is 6.51. The van der Waals surface area contributed by atoms with Gasteiger partial charge in [0.1, 0.15) is 5.70 Å². The first-order valence-electron chi connectivity index (χ1n) is 6.13. The normalized spacial score (nSPS) is 11.0. The van der Waals surface area contributed by atoms with E-state index in [-0.39, 0.29) is 5.70 Å². The number of carbonyl (C=O) groups is 2. The summed E-state index contributed by atoms with van der Waals surface area (Å²) in [5, 5.41) is 12.0. The Morgan fingerprint density at radius 3 is 2.38 bits per heavy atom. The van der Waals surface area contributed by atoms with Gasteiger partial charge in [-0.2, -0.15) is 0 Å². The lowest BCUT2D eigenvalue weighted by Crippen LogP contribution is -2.27. The number of hydrogen-bond acceptors (Lipinski definition) is 2. The maximum absolute atomic E-state index is 12.0. The molecule has 0 fully saturated rings. The number of nitrogens with one attached hydrogen (secondary N) is 1. The van der Waals surface area contributed by atoms with E-state index in [0.29, 0.717) is 16.1 Å². The van der Waals surface area contributed by atoms with Gasteiger partial charge in [-0.1, -0.05) is 48.0 Å². The summed E-state index contributed by atoms with van der Waals surface area (Å²) in [7, 11) is 0. The van der Waals surface area contributed by atoms with Crippen molar-refractivity contribution in [2.45, 2.75) is 0 Å². The molecule has 2 aromatic rings. The Hall–Kier alpha value is -2.59. The van der Waals surface area contributed by atoms with Crippen LogP contribution in [0, 0.1) is 0 Å². The lowest BCUT2D eigenvalue weighted by Gasteiger charge is -2.06. The average molecular weight is 302 g/mol. The van der Waals surface area contributed by atoms with E-state index in [1.807, 2.05) is 6.07 Å². The second-order valence-electron chi connectivity index (χ2n) is 4.24. The van der Waals surface area contributed by atoms with Gasteiger partial charge >= 0.3 is 5.97 Å². The zero-order chi connectivity index (χ0) is 15.2. The first-order chi connectivity index (χ1) is 10.1. The highest BCUT2D eigenvalue weighted by Crippen LogP contribution is 2.11. The van der Waals surface area contributed by atoms with E-state index in [4.69, 9.17) is 11.6 Å². The van der Waals surface area contributed by atoms with Crippen molar-refractivity contribution in [3.05, 3.63) is 76.4 Å². The molecule has 0 radical (unpaired) electrons. The molecule has 5 heteroatoms. The second-order valence-corrected chi connectivity index (χ2v) is 4.67. The molecule has 0 aromatic heterocycles. The molecule has 1 amide bonds. The molecule has 106 valence electrons. The number of aliphatic carboxylic acids is 1. The molecule has 0 spiro atoms. The Morgan fingerprint density at radius 1 is 1.05 bits per heavy atom. The van der Waals surface area contributed by atoms with Crippen LogP contribution in [-0.2, 0) is 4.79 Å². The summed E-state index contributed by atoms with van der Waals surface area (Å²) in [6.45, 7) is 0. The number of benzene rings is 2. The molecule has 2 N–H and O–H groups in total. The van der Waals surface area contributed by atoms with Gasteiger partial charge < -0.3 is 10.4 Å². The lowest BCUT2D eigenvalue weighted by molar-refractivity contribution is -0.132. The molecule has 2 aromatic carbocycles. The van der Waals surface area contributed by atoms with Crippen LogP contribution in [0.1, 0.15) is 15.9 Å². The van der Waals surface area contributed by atoms with Crippen LogP contribution in [-0.4, -0.2) is 17.0 Å². The van der Waals surface area contributed by atoms with Crippen molar-refractivity contribution in [1.29, 1.82) is 0 Å². The van der Waals surface area contributed by atoms with E-state index in [2.05, 4.69) is 5.32 Å². The van der Waals surface area contributed by atoms with Crippen LogP contribution in [0.2, 0.25) is 5.02 Å². The fraction of sp³-hybridized carbons (Fsp3) is 0. The highest BCUT2D eigenvalue weighted by molar-refractivity contribution is 6.31. The van der Waals surface area contributed by atoms with Crippen LogP contribution in [0.15, 0.2) is 60.3 Å². The maximum atomic E-state index is 12.0. The minimum atomic E-state index is -1.21. The minimum Gasteiger partial charge on any atom is -0.477 e. The summed E-state index contributed by atoms with van der Waals surface area (Å²) in [5.41, 5.74) is 0.773. The zero-order valence-electron chi connectivity index (χ0n) is 10.9. The number of carboxylic acids is 1. The fourth-order valence-corrected chi connectivity index (χ4v) is 1.88. The van der Waals surface area contributed by atoms with Gasteiger partial charge in [0.15, 0.2) is 0 Å². The first kappa shape index (κ1) is 14.8. The molecule has 0 unspecified atom stereocenters. The smallest absolute Gasteiger partial charge is 0.352 e. The molecule has 21 heavy (non-hydrogen) atoms. The van der Waals surface area contributed by atoms with E-state index < -0.39 is 11.9 Å². The van der Waals surface area contributed by atoms with Gasteiger partial charge in [-0.3, -0.25) is 4.79 Å². The number of halogens is 1. The number of carbonyl (C=O) groups excluding carboxylic acids is 1. The van der Waals surface area contributed by atoms with Gasteiger partial charge in [0.25, 0.3) is 5.91 Å². The molecule has 0 saturated heterocycles. The van der Waals surface area contributed by atoms with E-state index in [0.717, 1.165) is 0 Å². The lowest BCUT2D eigenvalue weighted by atomic mass is 10.1. The van der Waals surface area contributed by atoms with E-state index >= 15 is 0 Å². The van der Waals surface area contributed by atoms with Gasteiger partial charge in [-0.05, 0) is 29.8 Å². The molecule has 4 nitrogen and oxygen atoms in total. The van der Waals surface area contributed by atoms with Crippen molar-refractivity contribution in [1.82, 2.24) is 5.32 Å². The molecule has 0 saturated carbocycles. The third kappa shape index (κ3) is 4.19.